The van der Waals surface area contributed by atoms with Gasteiger partial charge in [-0.3, -0.25) is 9.59 Å². The smallest absolute Gasteiger partial charge is 0.242 e. The molecule has 1 N–H and O–H groups in total. The Kier molecular flexibility index (Phi) is 8.89. The van der Waals surface area contributed by atoms with Crippen LogP contribution in [0, 0.1) is 5.92 Å². The number of anilines is 1. The lowest BCUT2D eigenvalue weighted by atomic mass is 10.1. The summed E-state index contributed by atoms with van der Waals surface area (Å²) < 4.78 is 5.50. The molecular formula is C31H38N4O3. The van der Waals surface area contributed by atoms with Crippen LogP contribution in [-0.4, -0.2) is 53.8 Å². The van der Waals surface area contributed by atoms with Crippen LogP contribution in [0.4, 0.5) is 5.69 Å². The third-order valence-corrected chi connectivity index (χ3v) is 6.69. The van der Waals surface area contributed by atoms with Crippen molar-refractivity contribution in [2.45, 2.75) is 39.8 Å². The van der Waals surface area contributed by atoms with Crippen LogP contribution in [0.25, 0.3) is 10.9 Å². The highest BCUT2D eigenvalue weighted by molar-refractivity contribution is 5.85. The van der Waals surface area contributed by atoms with E-state index >= 15 is 0 Å². The predicted molar refractivity (Wildman–Crippen MR) is 152 cm³/mol. The number of carbonyl (C=O) groups is 2. The van der Waals surface area contributed by atoms with Gasteiger partial charge in [0.1, 0.15) is 12.3 Å². The van der Waals surface area contributed by atoms with E-state index in [-0.39, 0.29) is 30.8 Å². The number of fused-ring (bicyclic) bond motifs is 1. The van der Waals surface area contributed by atoms with Gasteiger partial charge in [-0.1, -0.05) is 44.2 Å². The standard InChI is InChI=1S/C31H38N4O3/c1-23(2)18-30(36)35(21-27-8-7-17-38-27)22-31(37)34(20-24-11-13-26(14-12-24)33(3)4)16-15-25-19-32-29-10-6-5-9-28(25)29/h5-14,17,19,23,32H,15-16,18,20-22H2,1-4H3. The molecule has 0 radical (unpaired) electrons. The summed E-state index contributed by atoms with van der Waals surface area (Å²) in [4.78, 5) is 35.7. The highest BCUT2D eigenvalue weighted by atomic mass is 16.3. The van der Waals surface area contributed by atoms with Crippen molar-refractivity contribution in [2.24, 2.45) is 5.92 Å². The van der Waals surface area contributed by atoms with Gasteiger partial charge >= 0.3 is 0 Å². The van der Waals surface area contributed by atoms with Crippen LogP contribution in [0.1, 0.15) is 37.2 Å². The van der Waals surface area contributed by atoms with Crippen molar-refractivity contribution in [1.82, 2.24) is 14.8 Å². The molecule has 2 aromatic heterocycles. The molecule has 0 aliphatic heterocycles. The molecule has 0 fully saturated rings. The minimum Gasteiger partial charge on any atom is -0.467 e. The number of aromatic nitrogens is 1. The number of H-pyrrole nitrogens is 1. The minimum absolute atomic E-state index is 0.00984. The van der Waals surface area contributed by atoms with Crippen LogP contribution in [-0.2, 0) is 29.1 Å². The van der Waals surface area contributed by atoms with E-state index < -0.39 is 0 Å². The van der Waals surface area contributed by atoms with Crippen LogP contribution in [0.5, 0.6) is 0 Å². The number of amides is 2. The van der Waals surface area contributed by atoms with E-state index in [0.29, 0.717) is 31.7 Å². The van der Waals surface area contributed by atoms with E-state index in [1.807, 2.05) is 57.2 Å². The van der Waals surface area contributed by atoms with Gasteiger partial charge in [-0.25, -0.2) is 0 Å². The zero-order valence-electron chi connectivity index (χ0n) is 22.8. The van der Waals surface area contributed by atoms with Gasteiger partial charge in [0, 0.05) is 56.4 Å². The van der Waals surface area contributed by atoms with Gasteiger partial charge in [0.05, 0.1) is 12.8 Å². The van der Waals surface area contributed by atoms with Gasteiger partial charge in [-0.15, -0.1) is 0 Å². The van der Waals surface area contributed by atoms with Gasteiger partial charge in [0.25, 0.3) is 0 Å². The van der Waals surface area contributed by atoms with Gasteiger partial charge in [0.15, 0.2) is 0 Å². The molecule has 2 aromatic carbocycles. The summed E-state index contributed by atoms with van der Waals surface area (Å²) in [7, 11) is 4.02. The average molecular weight is 515 g/mol. The topological polar surface area (TPSA) is 72.8 Å². The Morgan fingerprint density at radius 3 is 2.34 bits per heavy atom. The van der Waals surface area contributed by atoms with E-state index in [0.717, 1.165) is 16.8 Å². The van der Waals surface area contributed by atoms with E-state index in [9.17, 15) is 9.59 Å². The monoisotopic (exact) mass is 514 g/mol. The molecule has 38 heavy (non-hydrogen) atoms. The van der Waals surface area contributed by atoms with E-state index in [1.54, 1.807) is 17.2 Å². The van der Waals surface area contributed by atoms with E-state index in [1.165, 1.54) is 10.9 Å². The normalized spacial score (nSPS) is 11.2. The molecule has 0 spiro atoms. The summed E-state index contributed by atoms with van der Waals surface area (Å²) in [6.45, 7) is 5.32. The molecule has 0 aliphatic carbocycles. The maximum absolute atomic E-state index is 13.8. The molecule has 0 saturated heterocycles. The lowest BCUT2D eigenvalue weighted by Gasteiger charge is -2.28. The predicted octanol–water partition coefficient (Wildman–Crippen LogP) is 5.47. The Hall–Kier alpha value is -4.00. The Morgan fingerprint density at radius 2 is 1.66 bits per heavy atom. The van der Waals surface area contributed by atoms with Gasteiger partial charge in [-0.05, 0) is 53.8 Å². The molecule has 0 atom stereocenters. The zero-order valence-corrected chi connectivity index (χ0v) is 22.8. The lowest BCUT2D eigenvalue weighted by molar-refractivity contribution is -0.142. The van der Waals surface area contributed by atoms with Crippen LogP contribution in [0.15, 0.2) is 77.5 Å². The zero-order chi connectivity index (χ0) is 27.1. The second-order valence-corrected chi connectivity index (χ2v) is 10.4. The number of hydrogen-bond donors (Lipinski definition) is 1. The molecule has 7 nitrogen and oxygen atoms in total. The van der Waals surface area contributed by atoms with Crippen molar-refractivity contribution in [3.63, 3.8) is 0 Å². The summed E-state index contributed by atoms with van der Waals surface area (Å²) in [5, 5.41) is 1.17. The second-order valence-electron chi connectivity index (χ2n) is 10.4. The molecule has 200 valence electrons. The van der Waals surface area contributed by atoms with Crippen molar-refractivity contribution in [2.75, 3.05) is 32.1 Å². The Bertz CT molecular complexity index is 1320. The van der Waals surface area contributed by atoms with Crippen LogP contribution in [0.3, 0.4) is 0 Å². The van der Waals surface area contributed by atoms with Crippen molar-refractivity contribution in [3.05, 3.63) is 90.0 Å². The Balaban J connectivity index is 1.54. The molecular weight excluding hydrogens is 476 g/mol. The van der Waals surface area contributed by atoms with Crippen molar-refractivity contribution in [1.29, 1.82) is 0 Å². The third-order valence-electron chi connectivity index (χ3n) is 6.69. The lowest BCUT2D eigenvalue weighted by Crippen LogP contribution is -2.43. The van der Waals surface area contributed by atoms with Gasteiger partial charge in [0.2, 0.25) is 11.8 Å². The quantitative estimate of drug-likeness (QED) is 0.272. The molecule has 0 bridgehead atoms. The van der Waals surface area contributed by atoms with Crippen molar-refractivity contribution >= 4 is 28.4 Å². The summed E-state index contributed by atoms with van der Waals surface area (Å²) in [6, 6.07) is 20.1. The number of rotatable bonds is 12. The fourth-order valence-corrected chi connectivity index (χ4v) is 4.57. The average Bonchev–Trinajstić information content (AvgIpc) is 3.56. The number of benzene rings is 2. The number of carbonyl (C=O) groups excluding carboxylic acids is 2. The molecule has 2 heterocycles. The maximum Gasteiger partial charge on any atom is 0.242 e. The van der Waals surface area contributed by atoms with Crippen LogP contribution < -0.4 is 4.90 Å². The number of nitrogens with one attached hydrogen (secondary N) is 1. The Labute approximate surface area is 225 Å². The molecule has 2 amide bonds. The van der Waals surface area contributed by atoms with E-state index in [4.69, 9.17) is 4.42 Å². The molecule has 0 unspecified atom stereocenters. The van der Waals surface area contributed by atoms with Crippen molar-refractivity contribution in [3.8, 4) is 0 Å². The first-order valence-corrected chi connectivity index (χ1v) is 13.2. The number of furan rings is 1. The first kappa shape index (κ1) is 27.0. The fourth-order valence-electron chi connectivity index (χ4n) is 4.57. The molecule has 4 aromatic rings. The number of aromatic amines is 1. The molecule has 7 heteroatoms. The highest BCUT2D eigenvalue weighted by Crippen LogP contribution is 2.20. The number of hydrogen-bond acceptors (Lipinski definition) is 4. The first-order valence-electron chi connectivity index (χ1n) is 13.2. The van der Waals surface area contributed by atoms with Gasteiger partial charge < -0.3 is 24.1 Å². The fraction of sp³-hybridized carbons (Fsp3) is 0.355. The minimum atomic E-state index is -0.0785. The second kappa shape index (κ2) is 12.5. The Morgan fingerprint density at radius 1 is 0.895 bits per heavy atom. The summed E-state index contributed by atoms with van der Waals surface area (Å²) in [5.41, 5.74) is 4.41. The van der Waals surface area contributed by atoms with Gasteiger partial charge in [-0.2, -0.15) is 0 Å². The summed E-state index contributed by atoms with van der Waals surface area (Å²) in [6.07, 6.45) is 4.71. The summed E-state index contributed by atoms with van der Waals surface area (Å²) >= 11 is 0. The highest BCUT2D eigenvalue weighted by Gasteiger charge is 2.23. The largest absolute Gasteiger partial charge is 0.467 e. The van der Waals surface area contributed by atoms with Crippen LogP contribution in [0.2, 0.25) is 0 Å². The third kappa shape index (κ3) is 7.06. The number of nitrogens with zero attached hydrogens (tertiary/aromatic N) is 3. The van der Waals surface area contributed by atoms with Crippen LogP contribution >= 0.6 is 0 Å². The summed E-state index contributed by atoms with van der Waals surface area (Å²) in [5.74, 6) is 0.742. The SMILES string of the molecule is CC(C)CC(=O)N(CC(=O)N(CCc1c[nH]c2ccccc12)Cc1ccc(N(C)C)cc1)Cc1ccco1. The first-order chi connectivity index (χ1) is 18.3. The number of para-hydroxylation sites is 1. The maximum atomic E-state index is 13.8. The van der Waals surface area contributed by atoms with Crippen molar-refractivity contribution < 1.29 is 14.0 Å². The molecule has 0 aliphatic rings. The molecule has 4 rings (SSSR count). The molecule has 0 saturated carbocycles. The van der Waals surface area contributed by atoms with E-state index in [2.05, 4.69) is 46.3 Å².